The first-order valence-corrected chi connectivity index (χ1v) is 15.2. The summed E-state index contributed by atoms with van der Waals surface area (Å²) >= 11 is 27.0. The summed E-state index contributed by atoms with van der Waals surface area (Å²) in [5.74, 6) is -7.16. The summed E-state index contributed by atoms with van der Waals surface area (Å²) in [6.07, 6.45) is 1.65. The fourth-order valence-corrected chi connectivity index (χ4v) is 8.58. The molecule has 2 aliphatic carbocycles. The molecule has 3 aromatic carbocycles. The maximum Gasteiger partial charge on any atom is 0.258 e. The molecule has 3 aromatic rings. The van der Waals surface area contributed by atoms with Gasteiger partial charge in [0, 0.05) is 21.5 Å². The van der Waals surface area contributed by atoms with Crippen LogP contribution in [0.3, 0.4) is 0 Å². The molecule has 4 amide bonds. The van der Waals surface area contributed by atoms with E-state index in [-0.39, 0.29) is 34.9 Å². The zero-order valence-corrected chi connectivity index (χ0v) is 25.5. The van der Waals surface area contributed by atoms with Crippen LogP contribution in [-0.2, 0) is 19.2 Å². The highest BCUT2D eigenvalue weighted by atomic mass is 35.5. The first kappa shape index (κ1) is 29.3. The Bertz CT molecular complexity index is 1820. The topological polar surface area (TPSA) is 95.0 Å². The van der Waals surface area contributed by atoms with E-state index in [0.29, 0.717) is 16.3 Å². The van der Waals surface area contributed by atoms with E-state index < -0.39 is 62.9 Å². The van der Waals surface area contributed by atoms with E-state index >= 15 is 0 Å². The molecular weight excluding hydrogens is 653 g/mol. The van der Waals surface area contributed by atoms with Crippen molar-refractivity contribution in [2.75, 3.05) is 9.80 Å². The van der Waals surface area contributed by atoms with Crippen molar-refractivity contribution in [3.05, 3.63) is 99.8 Å². The summed E-state index contributed by atoms with van der Waals surface area (Å²) in [5, 5.41) is 11.7. The van der Waals surface area contributed by atoms with Crippen molar-refractivity contribution in [3.63, 3.8) is 0 Å². The molecule has 4 aliphatic rings. The minimum atomic E-state index is -2.18. The quantitative estimate of drug-likeness (QED) is 0.192. The third-order valence-electron chi connectivity index (χ3n) is 9.28. The molecule has 0 spiro atoms. The highest BCUT2D eigenvalue weighted by Crippen LogP contribution is 2.66. The van der Waals surface area contributed by atoms with Gasteiger partial charge in [-0.1, -0.05) is 34.9 Å². The first-order valence-electron chi connectivity index (χ1n) is 13.7. The number of anilines is 2. The van der Waals surface area contributed by atoms with E-state index in [4.69, 9.17) is 46.4 Å². The van der Waals surface area contributed by atoms with Crippen LogP contribution in [0, 0.1) is 23.6 Å². The van der Waals surface area contributed by atoms with Gasteiger partial charge in [0.25, 0.3) is 11.8 Å². The molecule has 6 atom stereocenters. The normalized spacial score (nSPS) is 31.2. The summed E-state index contributed by atoms with van der Waals surface area (Å²) in [6, 6.07) is 15.3. The Balaban J connectivity index is 1.41. The number of hydrogen-bond donors (Lipinski definition) is 1. The number of alkyl halides is 2. The average Bonchev–Trinajstić information content (AvgIpc) is 3.33. The van der Waals surface area contributed by atoms with Crippen LogP contribution in [0.25, 0.3) is 0 Å². The number of halogens is 5. The zero-order chi connectivity index (χ0) is 31.3. The molecule has 224 valence electrons. The number of phenols is 1. The Hall–Kier alpha value is -3.43. The van der Waals surface area contributed by atoms with E-state index in [1.807, 2.05) is 0 Å². The molecule has 7 nitrogen and oxygen atoms in total. The lowest BCUT2D eigenvalue weighted by Crippen LogP contribution is -2.60. The fraction of sp³-hybridized carbons (Fsp3) is 0.250. The molecule has 2 aliphatic heterocycles. The predicted octanol–water partition coefficient (Wildman–Crippen LogP) is 6.61. The molecule has 1 N–H and O–H groups in total. The Labute approximate surface area is 270 Å². The summed E-state index contributed by atoms with van der Waals surface area (Å²) in [5.41, 5.74) is 1.04. The highest BCUT2D eigenvalue weighted by Gasteiger charge is 2.77. The van der Waals surface area contributed by atoms with Gasteiger partial charge in [-0.3, -0.25) is 24.1 Å². The van der Waals surface area contributed by atoms with Gasteiger partial charge in [0.15, 0.2) is 9.75 Å². The number of amides is 4. The lowest BCUT2D eigenvalue weighted by atomic mass is 9.56. The molecule has 0 radical (unpaired) electrons. The maximum absolute atomic E-state index is 14.3. The number of benzene rings is 3. The van der Waals surface area contributed by atoms with Crippen LogP contribution >= 0.6 is 46.4 Å². The molecule has 3 fully saturated rings. The lowest BCUT2D eigenvalue weighted by Gasteiger charge is -2.50. The minimum absolute atomic E-state index is 0.0563. The third kappa shape index (κ3) is 3.87. The molecule has 2 saturated heterocycles. The number of hydrogen-bond acceptors (Lipinski definition) is 5. The van der Waals surface area contributed by atoms with Gasteiger partial charge in [-0.25, -0.2) is 9.29 Å². The minimum Gasteiger partial charge on any atom is -0.508 e. The van der Waals surface area contributed by atoms with Crippen molar-refractivity contribution in [2.24, 2.45) is 17.8 Å². The predicted molar refractivity (Wildman–Crippen MR) is 164 cm³/mol. The van der Waals surface area contributed by atoms with E-state index in [1.54, 1.807) is 30.3 Å². The molecule has 44 heavy (non-hydrogen) atoms. The SMILES string of the molecule is O=C1C2CC=C3C(CC4(Cl)C(=O)N(c5ccc(F)cc5)C(=O)C4(Cl)C3c3cc(Cl)ccc3O)C2C(=O)N1c1ccc(Cl)cc1. The van der Waals surface area contributed by atoms with Crippen LogP contribution in [0.5, 0.6) is 5.75 Å². The van der Waals surface area contributed by atoms with Gasteiger partial charge >= 0.3 is 0 Å². The number of fused-ring (bicyclic) bond motifs is 4. The van der Waals surface area contributed by atoms with Crippen molar-refractivity contribution in [3.8, 4) is 5.75 Å². The van der Waals surface area contributed by atoms with Crippen molar-refractivity contribution in [1.29, 1.82) is 0 Å². The average molecular weight is 674 g/mol. The van der Waals surface area contributed by atoms with Crippen LogP contribution in [0.4, 0.5) is 15.8 Å². The standard InChI is InChI=1S/C32H21Cl4FN2O5/c33-15-1-6-18(7-2-15)38-27(41)21-11-10-20-23(25(21)28(38)42)14-31(35)29(43)39(19-8-4-17(37)5-9-19)30(44)32(31,36)26(20)22-13-16(34)3-12-24(22)40/h1-10,12-13,21,23,25-26,40H,11,14H2. The van der Waals surface area contributed by atoms with E-state index in [9.17, 15) is 28.7 Å². The van der Waals surface area contributed by atoms with Crippen LogP contribution in [0.2, 0.25) is 10.0 Å². The van der Waals surface area contributed by atoms with E-state index in [2.05, 4.69) is 0 Å². The number of carbonyl (C=O) groups is 4. The number of rotatable bonds is 3. The number of imide groups is 2. The van der Waals surface area contributed by atoms with Crippen LogP contribution in [-0.4, -0.2) is 38.5 Å². The number of nitrogens with zero attached hydrogens (tertiary/aromatic N) is 2. The van der Waals surface area contributed by atoms with E-state index in [0.717, 1.165) is 21.9 Å². The summed E-state index contributed by atoms with van der Waals surface area (Å²) < 4.78 is 13.8. The van der Waals surface area contributed by atoms with E-state index in [1.165, 1.54) is 30.3 Å². The smallest absolute Gasteiger partial charge is 0.258 e. The summed E-state index contributed by atoms with van der Waals surface area (Å²) in [4.78, 5) is 54.0. The zero-order valence-electron chi connectivity index (χ0n) is 22.5. The van der Waals surface area contributed by atoms with Crippen molar-refractivity contribution < 1.29 is 28.7 Å². The molecule has 0 bridgehead atoms. The Morgan fingerprint density at radius 3 is 2.07 bits per heavy atom. The molecular formula is C32H21Cl4FN2O5. The van der Waals surface area contributed by atoms with Crippen LogP contribution < -0.4 is 9.80 Å². The molecule has 1 saturated carbocycles. The second-order valence-corrected chi connectivity index (χ2v) is 13.6. The number of aromatic hydroxyl groups is 1. The van der Waals surface area contributed by atoms with Crippen LogP contribution in [0.15, 0.2) is 78.4 Å². The van der Waals surface area contributed by atoms with Crippen molar-refractivity contribution in [2.45, 2.75) is 28.5 Å². The number of phenolic OH excluding ortho intramolecular Hbond substituents is 1. The van der Waals surface area contributed by atoms with Gasteiger partial charge in [0.05, 0.1) is 23.2 Å². The van der Waals surface area contributed by atoms with Gasteiger partial charge in [-0.15, -0.1) is 23.2 Å². The Kier molecular flexibility index (Phi) is 6.68. The summed E-state index contributed by atoms with van der Waals surface area (Å²) in [6.45, 7) is 0. The Morgan fingerprint density at radius 2 is 1.39 bits per heavy atom. The first-order chi connectivity index (χ1) is 20.9. The maximum atomic E-state index is 14.3. The lowest BCUT2D eigenvalue weighted by molar-refractivity contribution is -0.125. The molecule has 0 aromatic heterocycles. The number of carbonyl (C=O) groups excluding carboxylic acids is 4. The second-order valence-electron chi connectivity index (χ2n) is 11.4. The van der Waals surface area contributed by atoms with Gasteiger partial charge in [0.1, 0.15) is 11.6 Å². The van der Waals surface area contributed by atoms with Gasteiger partial charge in [-0.2, -0.15) is 0 Å². The Morgan fingerprint density at radius 1 is 0.773 bits per heavy atom. The van der Waals surface area contributed by atoms with Gasteiger partial charge < -0.3 is 5.11 Å². The van der Waals surface area contributed by atoms with Gasteiger partial charge in [-0.05, 0) is 85.5 Å². The monoisotopic (exact) mass is 672 g/mol. The molecule has 12 heteroatoms. The molecule has 7 rings (SSSR count). The number of allylic oxidation sites excluding steroid dienone is 2. The third-order valence-corrected chi connectivity index (χ3v) is 11.2. The molecule has 2 heterocycles. The highest BCUT2D eigenvalue weighted by molar-refractivity contribution is 6.58. The largest absolute Gasteiger partial charge is 0.508 e. The second kappa shape index (κ2) is 10.0. The fourth-order valence-electron chi connectivity index (χ4n) is 7.35. The molecule has 6 unspecified atom stereocenters. The van der Waals surface area contributed by atoms with Crippen molar-refractivity contribution >= 4 is 81.4 Å². The summed E-state index contributed by atoms with van der Waals surface area (Å²) in [7, 11) is 0. The van der Waals surface area contributed by atoms with Crippen molar-refractivity contribution in [1.82, 2.24) is 0 Å². The van der Waals surface area contributed by atoms with Gasteiger partial charge in [0.2, 0.25) is 11.8 Å². The van der Waals surface area contributed by atoms with Crippen LogP contribution in [0.1, 0.15) is 24.3 Å².